The van der Waals surface area contributed by atoms with Gasteiger partial charge in [-0.3, -0.25) is 4.79 Å². The minimum atomic E-state index is -0.830. The Hall–Kier alpha value is -2.53. The van der Waals surface area contributed by atoms with E-state index in [2.05, 4.69) is 6.07 Å². The lowest BCUT2D eigenvalue weighted by molar-refractivity contribution is -0.118. The lowest BCUT2D eigenvalue weighted by atomic mass is 9.93. The van der Waals surface area contributed by atoms with Gasteiger partial charge < -0.3 is 10.8 Å². The number of fused-ring (bicyclic) bond motifs is 1. The third kappa shape index (κ3) is 2.29. The number of nitrogens with two attached hydrogens (primary N) is 1. The van der Waals surface area contributed by atoms with E-state index in [1.165, 1.54) is 6.07 Å². The second-order valence-corrected chi connectivity index (χ2v) is 5.46. The van der Waals surface area contributed by atoms with Gasteiger partial charge in [0.1, 0.15) is 5.75 Å². The summed E-state index contributed by atoms with van der Waals surface area (Å²) < 4.78 is 0. The van der Waals surface area contributed by atoms with Crippen LogP contribution in [0.3, 0.4) is 0 Å². The van der Waals surface area contributed by atoms with Crippen LogP contribution in [-0.4, -0.2) is 17.0 Å². The molecular formula is C16H12ClN2O3. The first kappa shape index (κ1) is 14.4. The van der Waals surface area contributed by atoms with Crippen molar-refractivity contribution in [2.45, 2.75) is 12.3 Å². The van der Waals surface area contributed by atoms with Gasteiger partial charge in [0.15, 0.2) is 0 Å². The molecule has 0 saturated heterocycles. The number of phenols is 1. The van der Waals surface area contributed by atoms with Crippen molar-refractivity contribution in [3.63, 3.8) is 0 Å². The van der Waals surface area contributed by atoms with Crippen molar-refractivity contribution >= 4 is 29.2 Å². The number of imide groups is 1. The van der Waals surface area contributed by atoms with Crippen molar-refractivity contribution in [2.75, 3.05) is 4.90 Å². The molecule has 2 aromatic carbocycles. The molecule has 1 unspecified atom stereocenters. The molecule has 22 heavy (non-hydrogen) atoms. The molecule has 1 heterocycles. The van der Waals surface area contributed by atoms with E-state index in [1.54, 1.807) is 30.3 Å². The smallest absolute Gasteiger partial charge is 0.326 e. The van der Waals surface area contributed by atoms with Crippen LogP contribution >= 0.6 is 11.6 Å². The molecule has 1 radical (unpaired) electrons. The summed E-state index contributed by atoms with van der Waals surface area (Å²) in [6.45, 7) is 0. The first-order valence-electron chi connectivity index (χ1n) is 6.60. The molecule has 3 amide bonds. The number of amides is 3. The molecule has 1 aliphatic heterocycles. The molecule has 1 aliphatic rings. The number of hydrogen-bond donors (Lipinski definition) is 2. The van der Waals surface area contributed by atoms with Crippen LogP contribution in [0.25, 0.3) is 0 Å². The van der Waals surface area contributed by atoms with Crippen LogP contribution in [-0.2, 0) is 11.2 Å². The Kier molecular flexibility index (Phi) is 3.50. The van der Waals surface area contributed by atoms with Crippen molar-refractivity contribution in [1.29, 1.82) is 0 Å². The number of nitrogens with zero attached hydrogens (tertiary/aromatic N) is 1. The Morgan fingerprint density at radius 3 is 2.91 bits per heavy atom. The van der Waals surface area contributed by atoms with Gasteiger partial charge in [0.25, 0.3) is 0 Å². The van der Waals surface area contributed by atoms with Crippen LogP contribution in [0.1, 0.15) is 17.0 Å². The Labute approximate surface area is 131 Å². The van der Waals surface area contributed by atoms with Crippen molar-refractivity contribution in [3.8, 4) is 5.75 Å². The average molecular weight is 316 g/mol. The predicted molar refractivity (Wildman–Crippen MR) is 81.9 cm³/mol. The van der Waals surface area contributed by atoms with Crippen LogP contribution in [0, 0.1) is 6.07 Å². The summed E-state index contributed by atoms with van der Waals surface area (Å²) in [4.78, 5) is 25.0. The largest absolute Gasteiger partial charge is 0.508 e. The Morgan fingerprint density at radius 2 is 2.18 bits per heavy atom. The third-order valence-corrected chi connectivity index (χ3v) is 3.93. The molecular weight excluding hydrogens is 304 g/mol. The van der Waals surface area contributed by atoms with E-state index in [1.807, 2.05) is 0 Å². The summed E-state index contributed by atoms with van der Waals surface area (Å²) >= 11 is 5.93. The second-order valence-electron chi connectivity index (χ2n) is 5.03. The molecule has 1 atom stereocenters. The van der Waals surface area contributed by atoms with E-state index in [0.717, 1.165) is 4.90 Å². The zero-order valence-electron chi connectivity index (χ0n) is 11.4. The summed E-state index contributed by atoms with van der Waals surface area (Å²) in [5.74, 6) is -0.957. The molecule has 0 fully saturated rings. The van der Waals surface area contributed by atoms with E-state index < -0.39 is 17.9 Å². The van der Waals surface area contributed by atoms with Gasteiger partial charge in [-0.15, -0.1) is 0 Å². The zero-order chi connectivity index (χ0) is 15.9. The molecule has 111 valence electrons. The van der Waals surface area contributed by atoms with E-state index >= 15 is 0 Å². The average Bonchev–Trinajstić information content (AvgIpc) is 2.76. The van der Waals surface area contributed by atoms with Crippen LogP contribution in [0.15, 0.2) is 36.4 Å². The molecule has 3 rings (SSSR count). The third-order valence-electron chi connectivity index (χ3n) is 3.70. The number of hydrogen-bond acceptors (Lipinski definition) is 3. The molecule has 3 N–H and O–H groups in total. The lowest BCUT2D eigenvalue weighted by Gasteiger charge is -2.13. The van der Waals surface area contributed by atoms with Gasteiger partial charge >= 0.3 is 6.03 Å². The Bertz CT molecular complexity index is 776. The fourth-order valence-corrected chi connectivity index (χ4v) is 2.89. The minimum absolute atomic E-state index is 0.0544. The van der Waals surface area contributed by atoms with E-state index in [0.29, 0.717) is 21.8 Å². The number of rotatable bonds is 2. The standard InChI is InChI=1S/C16H12ClN2O3/c17-10-5-6-14(20)9(7-10)8-12-11-3-1-2-4-13(11)19(15(12)21)16(18)22/h1,3-7,12,20H,8H2,(H2,18,22). The van der Waals surface area contributed by atoms with E-state index in [4.69, 9.17) is 17.3 Å². The summed E-state index contributed by atoms with van der Waals surface area (Å²) in [5, 5.41) is 10.4. The maximum absolute atomic E-state index is 12.5. The molecule has 0 spiro atoms. The van der Waals surface area contributed by atoms with Crippen molar-refractivity contribution in [1.82, 2.24) is 0 Å². The predicted octanol–water partition coefficient (Wildman–Crippen LogP) is 2.60. The fraction of sp³-hybridized carbons (Fsp3) is 0.125. The van der Waals surface area contributed by atoms with Gasteiger partial charge in [-0.2, -0.15) is 0 Å². The van der Waals surface area contributed by atoms with Crippen molar-refractivity contribution < 1.29 is 14.7 Å². The highest BCUT2D eigenvalue weighted by atomic mass is 35.5. The SMILES string of the molecule is NC(=O)N1C(=O)C(Cc2cc(Cl)ccc2O)c2cc[c]cc21. The molecule has 0 aliphatic carbocycles. The van der Waals surface area contributed by atoms with Crippen LogP contribution in [0.2, 0.25) is 5.02 Å². The second kappa shape index (κ2) is 5.35. The van der Waals surface area contributed by atoms with Crippen LogP contribution < -0.4 is 10.6 Å². The monoisotopic (exact) mass is 315 g/mol. The van der Waals surface area contributed by atoms with Gasteiger partial charge in [-0.1, -0.05) is 23.7 Å². The van der Waals surface area contributed by atoms with Crippen molar-refractivity contribution in [2.24, 2.45) is 5.73 Å². The topological polar surface area (TPSA) is 83.6 Å². The minimum Gasteiger partial charge on any atom is -0.508 e. The summed E-state index contributed by atoms with van der Waals surface area (Å²) in [6, 6.07) is 11.6. The zero-order valence-corrected chi connectivity index (χ0v) is 12.2. The summed E-state index contributed by atoms with van der Waals surface area (Å²) in [7, 11) is 0. The van der Waals surface area contributed by atoms with Gasteiger partial charge in [0.05, 0.1) is 11.6 Å². The highest BCUT2D eigenvalue weighted by molar-refractivity contribution is 6.30. The maximum Gasteiger partial charge on any atom is 0.326 e. The molecule has 5 nitrogen and oxygen atoms in total. The number of phenolic OH excluding ortho intramolecular Hbond substituents is 1. The van der Waals surface area contributed by atoms with Crippen LogP contribution in [0.5, 0.6) is 5.75 Å². The first-order chi connectivity index (χ1) is 10.5. The Balaban J connectivity index is 2.03. The number of benzene rings is 2. The van der Waals surface area contributed by atoms with Gasteiger partial charge in [-0.05, 0) is 47.9 Å². The quantitative estimate of drug-likeness (QED) is 0.893. The number of anilines is 1. The first-order valence-corrected chi connectivity index (χ1v) is 6.97. The number of halogens is 1. The lowest BCUT2D eigenvalue weighted by Crippen LogP contribution is -2.39. The molecule has 6 heteroatoms. The summed E-state index contributed by atoms with van der Waals surface area (Å²) in [6.07, 6.45) is 0.228. The highest BCUT2D eigenvalue weighted by Crippen LogP contribution is 2.40. The molecule has 2 aromatic rings. The summed E-state index contributed by atoms with van der Waals surface area (Å²) in [5.41, 5.74) is 6.95. The molecule has 0 bridgehead atoms. The fourth-order valence-electron chi connectivity index (χ4n) is 2.69. The molecule has 0 saturated carbocycles. The van der Waals surface area contributed by atoms with E-state index in [-0.39, 0.29) is 12.2 Å². The number of primary amides is 1. The van der Waals surface area contributed by atoms with Gasteiger partial charge in [-0.25, -0.2) is 9.69 Å². The van der Waals surface area contributed by atoms with Crippen LogP contribution in [0.4, 0.5) is 10.5 Å². The Morgan fingerprint density at radius 1 is 1.41 bits per heavy atom. The van der Waals surface area contributed by atoms with Crippen molar-refractivity contribution in [3.05, 3.63) is 58.6 Å². The highest BCUT2D eigenvalue weighted by Gasteiger charge is 2.40. The van der Waals surface area contributed by atoms with E-state index in [9.17, 15) is 14.7 Å². The number of urea groups is 1. The van der Waals surface area contributed by atoms with Gasteiger partial charge in [0.2, 0.25) is 5.91 Å². The number of carbonyl (C=O) groups excluding carboxylic acids is 2. The maximum atomic E-state index is 12.5. The van der Waals surface area contributed by atoms with Gasteiger partial charge in [0, 0.05) is 5.02 Å². The normalized spacial score (nSPS) is 16.7. The number of aromatic hydroxyl groups is 1. The number of carbonyl (C=O) groups is 2. The molecule has 0 aromatic heterocycles.